The van der Waals surface area contributed by atoms with Gasteiger partial charge in [-0.05, 0) is 33.3 Å². The van der Waals surface area contributed by atoms with Crippen LogP contribution in [0.1, 0.15) is 60.0 Å². The molecule has 3 rings (SSSR count). The standard InChI is InChI=1S/C18H25N5O3/c1-5-6-13-9-16(24)21-18(19-13)23-15(7-10(2)22-23)20-17(25)14-8-11(3)26-12(14)4/h7-8,13,18-19H,5-6,9H2,1-4H3,(H,20,25)(H,21,24). The average Bonchev–Trinajstić information content (AvgIpc) is 3.09. The largest absolute Gasteiger partial charge is 0.466 e. The Bertz CT molecular complexity index is 823. The minimum atomic E-state index is -0.496. The van der Waals surface area contributed by atoms with Crippen LogP contribution < -0.4 is 16.0 Å². The van der Waals surface area contributed by atoms with E-state index in [2.05, 4.69) is 28.0 Å². The van der Waals surface area contributed by atoms with E-state index >= 15 is 0 Å². The molecule has 8 heteroatoms. The summed E-state index contributed by atoms with van der Waals surface area (Å²) in [6.45, 7) is 7.48. The molecular formula is C18H25N5O3. The molecule has 2 aromatic rings. The van der Waals surface area contributed by atoms with Gasteiger partial charge in [0.05, 0.1) is 11.3 Å². The first-order valence-electron chi connectivity index (χ1n) is 8.87. The minimum Gasteiger partial charge on any atom is -0.466 e. The lowest BCUT2D eigenvalue weighted by Gasteiger charge is -2.32. The summed E-state index contributed by atoms with van der Waals surface area (Å²) in [5.41, 5.74) is 1.23. The van der Waals surface area contributed by atoms with Crippen LogP contribution in [0.3, 0.4) is 0 Å². The maximum atomic E-state index is 12.6. The smallest absolute Gasteiger partial charge is 0.260 e. The summed E-state index contributed by atoms with van der Waals surface area (Å²) >= 11 is 0. The van der Waals surface area contributed by atoms with Gasteiger partial charge in [0.25, 0.3) is 5.91 Å². The fourth-order valence-electron chi connectivity index (χ4n) is 3.27. The lowest BCUT2D eigenvalue weighted by atomic mass is 10.1. The number of nitrogens with zero attached hydrogens (tertiary/aromatic N) is 2. The number of furan rings is 1. The van der Waals surface area contributed by atoms with Gasteiger partial charge in [0.1, 0.15) is 17.3 Å². The average molecular weight is 359 g/mol. The Morgan fingerprint density at radius 3 is 2.81 bits per heavy atom. The Morgan fingerprint density at radius 1 is 1.38 bits per heavy atom. The summed E-state index contributed by atoms with van der Waals surface area (Å²) in [4.78, 5) is 24.7. The molecule has 0 spiro atoms. The van der Waals surface area contributed by atoms with Gasteiger partial charge in [-0.15, -0.1) is 0 Å². The van der Waals surface area contributed by atoms with E-state index in [4.69, 9.17) is 4.42 Å². The zero-order chi connectivity index (χ0) is 18.8. The Labute approximate surface area is 152 Å². The third-order valence-corrected chi connectivity index (χ3v) is 4.39. The fourth-order valence-corrected chi connectivity index (χ4v) is 3.27. The van der Waals surface area contributed by atoms with Crippen LogP contribution in [0, 0.1) is 20.8 Å². The van der Waals surface area contributed by atoms with Crippen LogP contribution in [-0.2, 0) is 4.79 Å². The van der Waals surface area contributed by atoms with Gasteiger partial charge in [-0.25, -0.2) is 4.68 Å². The molecule has 3 N–H and O–H groups in total. The Hall–Kier alpha value is -2.61. The molecule has 0 aliphatic carbocycles. The van der Waals surface area contributed by atoms with Gasteiger partial charge in [0, 0.05) is 18.5 Å². The second-order valence-corrected chi connectivity index (χ2v) is 6.72. The van der Waals surface area contributed by atoms with Crippen LogP contribution in [0.2, 0.25) is 0 Å². The first-order valence-corrected chi connectivity index (χ1v) is 8.87. The number of rotatable bonds is 5. The van der Waals surface area contributed by atoms with E-state index in [9.17, 15) is 9.59 Å². The van der Waals surface area contributed by atoms with Crippen molar-refractivity contribution in [3.63, 3.8) is 0 Å². The van der Waals surface area contributed by atoms with Gasteiger partial charge in [-0.3, -0.25) is 14.9 Å². The highest BCUT2D eigenvalue weighted by Crippen LogP contribution is 2.21. The summed E-state index contributed by atoms with van der Waals surface area (Å²) in [7, 11) is 0. The van der Waals surface area contributed by atoms with Gasteiger partial charge >= 0.3 is 0 Å². The van der Waals surface area contributed by atoms with Crippen LogP contribution in [0.4, 0.5) is 5.82 Å². The van der Waals surface area contributed by atoms with Crippen LogP contribution in [0.15, 0.2) is 16.5 Å². The second-order valence-electron chi connectivity index (χ2n) is 6.72. The highest BCUT2D eigenvalue weighted by molar-refractivity contribution is 6.04. The van der Waals surface area contributed by atoms with Gasteiger partial charge in [0.2, 0.25) is 5.91 Å². The molecule has 2 aromatic heterocycles. The number of aryl methyl sites for hydroxylation is 3. The molecule has 2 atom stereocenters. The van der Waals surface area contributed by atoms with Crippen molar-refractivity contribution in [1.29, 1.82) is 0 Å². The number of carbonyl (C=O) groups excluding carboxylic acids is 2. The van der Waals surface area contributed by atoms with E-state index in [-0.39, 0.29) is 17.9 Å². The Balaban J connectivity index is 1.82. The van der Waals surface area contributed by atoms with E-state index in [1.807, 2.05) is 6.92 Å². The summed E-state index contributed by atoms with van der Waals surface area (Å²) in [6, 6.07) is 3.57. The predicted octanol–water partition coefficient (Wildman–Crippen LogP) is 2.39. The van der Waals surface area contributed by atoms with Crippen LogP contribution >= 0.6 is 0 Å². The van der Waals surface area contributed by atoms with Crippen LogP contribution in [0.5, 0.6) is 0 Å². The van der Waals surface area contributed by atoms with Gasteiger partial charge in [0.15, 0.2) is 6.29 Å². The Morgan fingerprint density at radius 2 is 2.15 bits per heavy atom. The number of aromatic nitrogens is 2. The fraction of sp³-hybridized carbons (Fsp3) is 0.500. The van der Waals surface area contributed by atoms with E-state index in [1.54, 1.807) is 30.7 Å². The van der Waals surface area contributed by atoms with Crippen molar-refractivity contribution in [3.8, 4) is 0 Å². The molecule has 0 radical (unpaired) electrons. The van der Waals surface area contributed by atoms with Crippen LogP contribution in [-0.4, -0.2) is 27.6 Å². The van der Waals surface area contributed by atoms with Crippen molar-refractivity contribution in [2.75, 3.05) is 5.32 Å². The van der Waals surface area contributed by atoms with E-state index in [0.717, 1.165) is 18.5 Å². The molecule has 2 unspecified atom stereocenters. The summed E-state index contributed by atoms with van der Waals surface area (Å²) in [5.74, 6) is 1.46. The van der Waals surface area contributed by atoms with Gasteiger partial charge in [-0.2, -0.15) is 5.10 Å². The van der Waals surface area contributed by atoms with Crippen molar-refractivity contribution in [1.82, 2.24) is 20.4 Å². The molecule has 1 aliphatic rings. The second kappa shape index (κ2) is 7.33. The first kappa shape index (κ1) is 18.2. The highest BCUT2D eigenvalue weighted by atomic mass is 16.3. The number of hydrogen-bond acceptors (Lipinski definition) is 5. The lowest BCUT2D eigenvalue weighted by molar-refractivity contribution is -0.125. The monoisotopic (exact) mass is 359 g/mol. The Kier molecular flexibility index (Phi) is 5.13. The lowest BCUT2D eigenvalue weighted by Crippen LogP contribution is -2.53. The zero-order valence-electron chi connectivity index (χ0n) is 15.5. The van der Waals surface area contributed by atoms with Gasteiger partial charge < -0.3 is 15.1 Å². The van der Waals surface area contributed by atoms with Crippen molar-refractivity contribution in [3.05, 3.63) is 34.9 Å². The van der Waals surface area contributed by atoms with Crippen molar-refractivity contribution < 1.29 is 14.0 Å². The zero-order valence-corrected chi connectivity index (χ0v) is 15.5. The maximum Gasteiger partial charge on any atom is 0.260 e. The molecule has 140 valence electrons. The molecule has 2 amide bonds. The third-order valence-electron chi connectivity index (χ3n) is 4.39. The van der Waals surface area contributed by atoms with Crippen LogP contribution in [0.25, 0.3) is 0 Å². The number of nitrogens with one attached hydrogen (secondary N) is 3. The quantitative estimate of drug-likeness (QED) is 0.761. The van der Waals surface area contributed by atoms with E-state index in [1.165, 1.54) is 0 Å². The summed E-state index contributed by atoms with van der Waals surface area (Å²) < 4.78 is 7.03. The normalized spacial score (nSPS) is 20.1. The van der Waals surface area contributed by atoms with E-state index in [0.29, 0.717) is 29.3 Å². The molecule has 26 heavy (non-hydrogen) atoms. The molecule has 1 fully saturated rings. The molecular weight excluding hydrogens is 334 g/mol. The van der Waals surface area contributed by atoms with E-state index < -0.39 is 6.29 Å². The highest BCUT2D eigenvalue weighted by Gasteiger charge is 2.28. The number of anilines is 1. The molecule has 0 bridgehead atoms. The third kappa shape index (κ3) is 3.80. The number of amides is 2. The maximum absolute atomic E-state index is 12.6. The predicted molar refractivity (Wildman–Crippen MR) is 96.7 cm³/mol. The summed E-state index contributed by atoms with van der Waals surface area (Å²) in [6.07, 6.45) is 1.83. The minimum absolute atomic E-state index is 0.0288. The topological polar surface area (TPSA) is 101 Å². The van der Waals surface area contributed by atoms with Crippen molar-refractivity contribution in [2.24, 2.45) is 0 Å². The van der Waals surface area contributed by atoms with Gasteiger partial charge in [-0.1, -0.05) is 13.3 Å². The summed E-state index contributed by atoms with van der Waals surface area (Å²) in [5, 5.41) is 13.6. The number of hydrogen-bond donors (Lipinski definition) is 3. The first-order chi connectivity index (χ1) is 12.4. The SMILES string of the molecule is CCCC1CC(=O)NC(n2nc(C)cc2NC(=O)c2cc(C)oc2C)N1. The molecule has 1 aliphatic heterocycles. The number of carbonyl (C=O) groups is 2. The van der Waals surface area contributed by atoms with Crippen molar-refractivity contribution in [2.45, 2.75) is 59.3 Å². The molecule has 0 saturated carbocycles. The van der Waals surface area contributed by atoms with Crippen molar-refractivity contribution >= 4 is 17.6 Å². The molecule has 3 heterocycles. The molecule has 8 nitrogen and oxygen atoms in total. The molecule has 1 saturated heterocycles. The molecule has 0 aromatic carbocycles.